The molecule has 0 radical (unpaired) electrons. The van der Waals surface area contributed by atoms with Crippen LogP contribution in [-0.2, 0) is 6.54 Å². The van der Waals surface area contributed by atoms with E-state index in [0.717, 1.165) is 18.3 Å². The van der Waals surface area contributed by atoms with Gasteiger partial charge in [0.15, 0.2) is 0 Å². The van der Waals surface area contributed by atoms with Gasteiger partial charge in [0.25, 0.3) is 0 Å². The Hall–Kier alpha value is -0.0200. The van der Waals surface area contributed by atoms with Crippen molar-refractivity contribution in [2.75, 3.05) is 5.33 Å². The van der Waals surface area contributed by atoms with Crippen LogP contribution < -0.4 is 0 Å². The Balaban J connectivity index is 2.50. The molecule has 1 rings (SSSR count). The molecule has 12 heavy (non-hydrogen) atoms. The smallest absolute Gasteiger partial charge is 0.0785 e. The quantitative estimate of drug-likeness (QED) is 0.752. The van der Waals surface area contributed by atoms with Crippen molar-refractivity contribution in [2.24, 2.45) is 5.92 Å². The molecule has 1 unspecified atom stereocenters. The van der Waals surface area contributed by atoms with Crippen molar-refractivity contribution in [1.82, 2.24) is 9.78 Å². The summed E-state index contributed by atoms with van der Waals surface area (Å²) in [5, 5.41) is 5.84. The predicted octanol–water partition coefficient (Wildman–Crippen LogP) is 2.96. The van der Waals surface area contributed by atoms with E-state index in [0.29, 0.717) is 10.9 Å². The van der Waals surface area contributed by atoms with Gasteiger partial charge in [-0.2, -0.15) is 5.10 Å². The van der Waals surface area contributed by atoms with E-state index in [2.05, 4.69) is 28.0 Å². The van der Waals surface area contributed by atoms with Gasteiger partial charge >= 0.3 is 0 Å². The third kappa shape index (κ3) is 2.79. The van der Waals surface area contributed by atoms with E-state index in [1.165, 1.54) is 0 Å². The molecule has 0 amide bonds. The Bertz CT molecular complexity index is 233. The van der Waals surface area contributed by atoms with Crippen molar-refractivity contribution in [3.8, 4) is 0 Å². The molecule has 0 aliphatic rings. The normalized spacial score (nSPS) is 13.2. The van der Waals surface area contributed by atoms with E-state index >= 15 is 0 Å². The first-order valence-corrected chi connectivity index (χ1v) is 5.50. The van der Waals surface area contributed by atoms with E-state index in [1.54, 1.807) is 6.20 Å². The number of alkyl halides is 1. The van der Waals surface area contributed by atoms with Crippen LogP contribution in [0.5, 0.6) is 0 Å². The van der Waals surface area contributed by atoms with Crippen molar-refractivity contribution < 1.29 is 0 Å². The zero-order valence-corrected chi connectivity index (χ0v) is 9.35. The van der Waals surface area contributed by atoms with Crippen molar-refractivity contribution in [3.63, 3.8) is 0 Å². The van der Waals surface area contributed by atoms with Gasteiger partial charge in [-0.05, 0) is 5.92 Å². The molecule has 4 heteroatoms. The van der Waals surface area contributed by atoms with Crippen molar-refractivity contribution in [1.29, 1.82) is 0 Å². The standard InChI is InChI=1S/C8H12BrClN2/c1-2-7(3-9)5-12-6-8(10)4-11-12/h4,6-7H,2-3,5H2,1H3. The summed E-state index contributed by atoms with van der Waals surface area (Å²) in [6.07, 6.45) is 4.68. The summed E-state index contributed by atoms with van der Waals surface area (Å²) in [5.74, 6) is 0.640. The molecule has 1 heterocycles. The molecule has 0 bridgehead atoms. The average molecular weight is 252 g/mol. The molecule has 1 aromatic heterocycles. The van der Waals surface area contributed by atoms with Crippen LogP contribution in [0.1, 0.15) is 13.3 Å². The summed E-state index contributed by atoms with van der Waals surface area (Å²) < 4.78 is 1.89. The molecule has 0 spiro atoms. The van der Waals surface area contributed by atoms with E-state index in [1.807, 2.05) is 10.9 Å². The maximum absolute atomic E-state index is 5.74. The minimum Gasteiger partial charge on any atom is -0.271 e. The number of nitrogens with zero attached hydrogens (tertiary/aromatic N) is 2. The fraction of sp³-hybridized carbons (Fsp3) is 0.625. The van der Waals surface area contributed by atoms with Crippen molar-refractivity contribution in [2.45, 2.75) is 19.9 Å². The first-order chi connectivity index (χ1) is 5.76. The summed E-state index contributed by atoms with van der Waals surface area (Å²) in [4.78, 5) is 0. The fourth-order valence-electron chi connectivity index (χ4n) is 0.990. The Kier molecular flexibility index (Phi) is 4.09. The fourth-order valence-corrected chi connectivity index (χ4v) is 1.81. The lowest BCUT2D eigenvalue weighted by Crippen LogP contribution is -2.11. The van der Waals surface area contributed by atoms with Crippen molar-refractivity contribution in [3.05, 3.63) is 17.4 Å². The zero-order chi connectivity index (χ0) is 8.97. The van der Waals surface area contributed by atoms with Gasteiger partial charge in [0.05, 0.1) is 11.2 Å². The van der Waals surface area contributed by atoms with Crippen LogP contribution >= 0.6 is 27.5 Å². The highest BCUT2D eigenvalue weighted by Crippen LogP contribution is 2.11. The molecule has 1 atom stereocenters. The van der Waals surface area contributed by atoms with Crippen LogP contribution in [-0.4, -0.2) is 15.1 Å². The van der Waals surface area contributed by atoms with Gasteiger partial charge < -0.3 is 0 Å². The lowest BCUT2D eigenvalue weighted by molar-refractivity contribution is 0.447. The van der Waals surface area contributed by atoms with Crippen LogP contribution in [0.25, 0.3) is 0 Å². The predicted molar refractivity (Wildman–Crippen MR) is 54.8 cm³/mol. The monoisotopic (exact) mass is 250 g/mol. The second-order valence-corrected chi connectivity index (χ2v) is 3.89. The van der Waals surface area contributed by atoms with Crippen LogP contribution in [0.3, 0.4) is 0 Å². The number of rotatable bonds is 4. The third-order valence-corrected chi connectivity index (χ3v) is 2.95. The number of aromatic nitrogens is 2. The summed E-state index contributed by atoms with van der Waals surface area (Å²) in [7, 11) is 0. The van der Waals surface area contributed by atoms with Crippen molar-refractivity contribution >= 4 is 27.5 Å². The van der Waals surface area contributed by atoms with E-state index in [-0.39, 0.29) is 0 Å². The Morgan fingerprint density at radius 2 is 2.50 bits per heavy atom. The lowest BCUT2D eigenvalue weighted by Gasteiger charge is -2.10. The maximum atomic E-state index is 5.74. The molecular weight excluding hydrogens is 239 g/mol. The third-order valence-electron chi connectivity index (χ3n) is 1.84. The van der Waals surface area contributed by atoms with E-state index in [9.17, 15) is 0 Å². The maximum Gasteiger partial charge on any atom is 0.0785 e. The lowest BCUT2D eigenvalue weighted by atomic mass is 10.1. The van der Waals surface area contributed by atoms with Gasteiger partial charge in [0.1, 0.15) is 0 Å². The largest absolute Gasteiger partial charge is 0.271 e. The summed E-state index contributed by atoms with van der Waals surface area (Å²) in [6.45, 7) is 3.12. The number of halogens is 2. The zero-order valence-electron chi connectivity index (χ0n) is 7.00. The van der Waals surface area contributed by atoms with Gasteiger partial charge in [0.2, 0.25) is 0 Å². The van der Waals surface area contributed by atoms with Crippen LogP contribution in [0.4, 0.5) is 0 Å². The minimum absolute atomic E-state index is 0.640. The Morgan fingerprint density at radius 3 is 2.92 bits per heavy atom. The van der Waals surface area contributed by atoms with Crippen LogP contribution in [0.15, 0.2) is 12.4 Å². The SMILES string of the molecule is CCC(CBr)Cn1cc(Cl)cn1. The molecule has 0 saturated carbocycles. The van der Waals surface area contributed by atoms with Gasteiger partial charge in [0, 0.05) is 18.1 Å². The van der Waals surface area contributed by atoms with Gasteiger partial charge in [-0.15, -0.1) is 0 Å². The molecule has 0 fully saturated rings. The second-order valence-electron chi connectivity index (χ2n) is 2.81. The Labute approximate surface area is 86.0 Å². The molecule has 2 nitrogen and oxygen atoms in total. The van der Waals surface area contributed by atoms with Crippen LogP contribution in [0.2, 0.25) is 5.02 Å². The molecular formula is C8H12BrClN2. The molecule has 0 aliphatic carbocycles. The van der Waals surface area contributed by atoms with E-state index in [4.69, 9.17) is 11.6 Å². The molecule has 68 valence electrons. The molecule has 0 aromatic carbocycles. The van der Waals surface area contributed by atoms with Gasteiger partial charge in [-0.1, -0.05) is 40.9 Å². The Morgan fingerprint density at radius 1 is 1.75 bits per heavy atom. The topological polar surface area (TPSA) is 17.8 Å². The first-order valence-electron chi connectivity index (χ1n) is 4.00. The van der Waals surface area contributed by atoms with Gasteiger partial charge in [-0.25, -0.2) is 0 Å². The second kappa shape index (κ2) is 4.87. The number of hydrogen-bond acceptors (Lipinski definition) is 1. The minimum atomic E-state index is 0.640. The summed E-state index contributed by atoms with van der Waals surface area (Å²) in [5.41, 5.74) is 0. The highest BCUT2D eigenvalue weighted by Gasteiger charge is 2.05. The molecule has 0 aliphatic heterocycles. The number of hydrogen-bond donors (Lipinski definition) is 0. The van der Waals surface area contributed by atoms with Crippen LogP contribution in [0, 0.1) is 5.92 Å². The highest BCUT2D eigenvalue weighted by molar-refractivity contribution is 9.09. The average Bonchev–Trinajstić information content (AvgIpc) is 2.47. The summed E-state index contributed by atoms with van der Waals surface area (Å²) >= 11 is 9.20. The summed E-state index contributed by atoms with van der Waals surface area (Å²) in [6, 6.07) is 0. The first kappa shape index (κ1) is 10.1. The molecule has 0 N–H and O–H groups in total. The van der Waals surface area contributed by atoms with E-state index < -0.39 is 0 Å². The molecule has 0 saturated heterocycles. The molecule has 1 aromatic rings. The van der Waals surface area contributed by atoms with Gasteiger partial charge in [-0.3, -0.25) is 4.68 Å². The highest BCUT2D eigenvalue weighted by atomic mass is 79.9.